The molecular weight excluding hydrogens is 938 g/mol. The third-order valence-corrected chi connectivity index (χ3v) is 18.8. The lowest BCUT2D eigenvalue weighted by Gasteiger charge is -2.39. The van der Waals surface area contributed by atoms with E-state index in [0.29, 0.717) is 22.6 Å². The van der Waals surface area contributed by atoms with E-state index in [1.54, 1.807) is 28.1 Å². The highest BCUT2D eigenvalue weighted by Crippen LogP contribution is 2.49. The van der Waals surface area contributed by atoms with Gasteiger partial charge in [-0.3, -0.25) is 28.7 Å². The molecule has 2 N–H and O–H groups in total. The van der Waals surface area contributed by atoms with Crippen molar-refractivity contribution in [2.75, 3.05) is 34.0 Å². The SMILES string of the molecule is COc1ccc(C(OC[C@H]2O[C@@H](n3cc(C)c(=O)[nH]c3=O)C[C@@H]2O[P@](OCCC#N)OC[C@H]2O[C@@H](n3cc(C)c(=O)[nH]c3=O)C[C@@H]2O[Si](C)(C)C(C)(C)C)(c2ccccc2)c2ccc(OC)cc2)cc1. The molecule has 2 aliphatic rings. The molecule has 20 heteroatoms. The predicted molar refractivity (Wildman–Crippen MR) is 263 cm³/mol. The average Bonchev–Trinajstić information content (AvgIpc) is 3.93. The zero-order valence-electron chi connectivity index (χ0n) is 41.0. The van der Waals surface area contributed by atoms with Crippen LogP contribution in [0.15, 0.2) is 110 Å². The Morgan fingerprint density at radius 1 is 0.714 bits per heavy atom. The van der Waals surface area contributed by atoms with Crippen LogP contribution in [0.5, 0.6) is 11.5 Å². The van der Waals surface area contributed by atoms with Crippen LogP contribution in [-0.2, 0) is 37.8 Å². The minimum absolute atomic E-state index is 0.0326. The molecule has 2 saturated heterocycles. The summed E-state index contributed by atoms with van der Waals surface area (Å²) in [5, 5.41) is 9.37. The van der Waals surface area contributed by atoms with E-state index in [1.165, 1.54) is 21.5 Å². The number of methoxy groups -OCH3 is 2. The van der Waals surface area contributed by atoms with Gasteiger partial charge >= 0.3 is 20.0 Å². The number of hydrogen-bond acceptors (Lipinski definition) is 14. The molecule has 0 saturated carbocycles. The van der Waals surface area contributed by atoms with Crippen molar-refractivity contribution >= 4 is 16.9 Å². The number of nitrogens with one attached hydrogen (secondary N) is 2. The van der Waals surface area contributed by atoms with E-state index in [-0.39, 0.29) is 44.1 Å². The molecule has 5 aromatic rings. The van der Waals surface area contributed by atoms with Gasteiger partial charge in [-0.2, -0.15) is 5.26 Å². The number of rotatable bonds is 20. The van der Waals surface area contributed by atoms with Gasteiger partial charge in [0.1, 0.15) is 41.8 Å². The molecule has 0 radical (unpaired) electrons. The minimum Gasteiger partial charge on any atom is -0.497 e. The Bertz CT molecular complexity index is 2790. The van der Waals surface area contributed by atoms with Crippen LogP contribution in [-0.4, -0.2) is 85.9 Å². The van der Waals surface area contributed by atoms with Gasteiger partial charge in [0.15, 0.2) is 8.32 Å². The maximum absolute atomic E-state index is 13.4. The van der Waals surface area contributed by atoms with E-state index >= 15 is 0 Å². The van der Waals surface area contributed by atoms with Gasteiger partial charge in [0.25, 0.3) is 11.1 Å². The second-order valence-corrected chi connectivity index (χ2v) is 24.8. The second kappa shape index (κ2) is 22.3. The fourth-order valence-electron chi connectivity index (χ4n) is 8.22. The lowest BCUT2D eigenvalue weighted by Crippen LogP contribution is -2.46. The smallest absolute Gasteiger partial charge is 0.333 e. The van der Waals surface area contributed by atoms with Crippen LogP contribution in [0.2, 0.25) is 18.1 Å². The number of hydrogen-bond donors (Lipinski definition) is 2. The summed E-state index contributed by atoms with van der Waals surface area (Å²) in [6.07, 6.45) is -1.35. The molecule has 0 unspecified atom stereocenters. The van der Waals surface area contributed by atoms with Crippen LogP contribution in [0, 0.1) is 25.2 Å². The second-order valence-electron chi connectivity index (χ2n) is 18.8. The summed E-state index contributed by atoms with van der Waals surface area (Å²) in [6, 6.07) is 27.0. The van der Waals surface area contributed by atoms with Crippen molar-refractivity contribution in [2.45, 2.75) is 114 Å². The monoisotopic (exact) mass is 999 g/mol. The van der Waals surface area contributed by atoms with Gasteiger partial charge in [0.2, 0.25) is 0 Å². The van der Waals surface area contributed by atoms with Gasteiger partial charge in [-0.25, -0.2) is 9.59 Å². The van der Waals surface area contributed by atoms with Crippen molar-refractivity contribution < 1.29 is 41.7 Å². The first kappa shape index (κ1) is 52.3. The molecule has 0 aliphatic carbocycles. The average molecular weight is 1000 g/mol. The van der Waals surface area contributed by atoms with Crippen LogP contribution >= 0.6 is 8.60 Å². The first-order valence-corrected chi connectivity index (χ1v) is 27.1. The number of nitriles is 1. The van der Waals surface area contributed by atoms with Crippen LogP contribution in [0.3, 0.4) is 0 Å². The molecule has 7 atom stereocenters. The molecule has 2 aromatic heterocycles. The number of H-pyrrole nitrogens is 2. The largest absolute Gasteiger partial charge is 0.497 e. The number of aromatic nitrogens is 4. The van der Waals surface area contributed by atoms with Gasteiger partial charge < -0.3 is 41.7 Å². The summed E-state index contributed by atoms with van der Waals surface area (Å²) in [5.41, 5.74) is -0.534. The summed E-state index contributed by atoms with van der Waals surface area (Å²) < 4.78 is 60.6. The van der Waals surface area contributed by atoms with Gasteiger partial charge in [0, 0.05) is 36.4 Å². The van der Waals surface area contributed by atoms with Crippen molar-refractivity contribution in [2.24, 2.45) is 0 Å². The fraction of sp³-hybridized carbons (Fsp3) is 0.460. The molecule has 4 heterocycles. The van der Waals surface area contributed by atoms with Crippen LogP contribution in [0.25, 0.3) is 0 Å². The Balaban J connectivity index is 1.24. The summed E-state index contributed by atoms with van der Waals surface area (Å²) in [6.45, 7) is 13.6. The molecule has 2 fully saturated rings. The van der Waals surface area contributed by atoms with Crippen LogP contribution < -0.4 is 32.0 Å². The molecule has 0 amide bonds. The topological polar surface area (TPSA) is 217 Å². The molecular formula is C50H62N5O13PSi. The number of aromatic amines is 2. The molecule has 18 nitrogen and oxygen atoms in total. The van der Waals surface area contributed by atoms with E-state index in [2.05, 4.69) is 49.9 Å². The van der Waals surface area contributed by atoms with Crippen LogP contribution in [0.4, 0.5) is 0 Å². The van der Waals surface area contributed by atoms with E-state index in [1.807, 2.05) is 78.9 Å². The third kappa shape index (κ3) is 11.6. The van der Waals surface area contributed by atoms with Gasteiger partial charge in [-0.05, 0) is 72.9 Å². The standard InChI is InChI=1S/C50H62N5O13PSi/c1-32-28-54(47(58)52-45(32)56)43-26-39(41(65-43)30-62-50(34-14-11-10-12-15-34,35-16-20-37(60-6)21-17-35)36-18-22-38(61-7)23-19-36)67-69(63-25-13-24-51)64-31-42-40(68-70(8,9)49(3,4)5)27-44(66-42)55-29-33(2)46(57)53-48(55)59/h10-12,14-23,28-29,39-44H,13,25-27,30-31H2,1-9H3,(H,52,56,58)(H,53,57,59)/t39-,40-,41+,42+,43+,44+,69+/m0/s1. The van der Waals surface area contributed by atoms with Crippen LogP contribution in [0.1, 0.15) is 80.3 Å². The lowest BCUT2D eigenvalue weighted by atomic mass is 9.80. The zero-order chi connectivity index (χ0) is 50.4. The number of nitrogens with zero attached hydrogens (tertiary/aromatic N) is 3. The lowest BCUT2D eigenvalue weighted by molar-refractivity contribution is -0.0939. The van der Waals surface area contributed by atoms with Gasteiger partial charge in [-0.15, -0.1) is 0 Å². The first-order chi connectivity index (χ1) is 33.4. The quantitative estimate of drug-likeness (QED) is 0.0340. The first-order valence-electron chi connectivity index (χ1n) is 23.1. The van der Waals surface area contributed by atoms with E-state index in [0.717, 1.165) is 16.7 Å². The molecule has 7 rings (SSSR count). The summed E-state index contributed by atoms with van der Waals surface area (Å²) in [7, 11) is -1.50. The Hall–Kier alpha value is -5.52. The Labute approximate surface area is 408 Å². The molecule has 374 valence electrons. The van der Waals surface area contributed by atoms with E-state index < -0.39 is 81.9 Å². The maximum Gasteiger partial charge on any atom is 0.333 e. The maximum atomic E-state index is 13.4. The highest BCUT2D eigenvalue weighted by Gasteiger charge is 2.47. The Kier molecular flexibility index (Phi) is 16.6. The molecule has 0 spiro atoms. The van der Waals surface area contributed by atoms with Crippen molar-refractivity contribution in [1.29, 1.82) is 5.26 Å². The van der Waals surface area contributed by atoms with Crippen molar-refractivity contribution in [3.8, 4) is 17.6 Å². The predicted octanol–water partition coefficient (Wildman–Crippen LogP) is 7.25. The van der Waals surface area contributed by atoms with Crippen molar-refractivity contribution in [1.82, 2.24) is 19.1 Å². The normalized spacial score (nSPS) is 21.1. The molecule has 3 aromatic carbocycles. The third-order valence-electron chi connectivity index (χ3n) is 13.1. The Morgan fingerprint density at radius 2 is 1.20 bits per heavy atom. The molecule has 2 aliphatic heterocycles. The zero-order valence-corrected chi connectivity index (χ0v) is 42.9. The van der Waals surface area contributed by atoms with E-state index in [4.69, 9.17) is 41.7 Å². The molecule has 70 heavy (non-hydrogen) atoms. The number of ether oxygens (including phenoxy) is 5. The highest BCUT2D eigenvalue weighted by molar-refractivity contribution is 7.41. The highest BCUT2D eigenvalue weighted by atomic mass is 31.2. The number of aryl methyl sites for hydroxylation is 2. The molecule has 0 bridgehead atoms. The Morgan fingerprint density at radius 3 is 1.69 bits per heavy atom. The summed E-state index contributed by atoms with van der Waals surface area (Å²) in [4.78, 5) is 56.0. The van der Waals surface area contributed by atoms with Gasteiger partial charge in [0.05, 0.1) is 58.7 Å². The fourth-order valence-corrected chi connectivity index (χ4v) is 10.7. The summed E-state index contributed by atoms with van der Waals surface area (Å²) in [5.74, 6) is 1.30. The van der Waals surface area contributed by atoms with Gasteiger partial charge in [-0.1, -0.05) is 75.4 Å². The number of benzene rings is 3. The summed E-state index contributed by atoms with van der Waals surface area (Å²) >= 11 is 0. The van der Waals surface area contributed by atoms with E-state index in [9.17, 15) is 24.4 Å². The van der Waals surface area contributed by atoms with Crippen molar-refractivity contribution in [3.63, 3.8) is 0 Å². The van der Waals surface area contributed by atoms with Crippen molar-refractivity contribution in [3.05, 3.63) is 161 Å². The minimum atomic E-state index is -2.42.